The van der Waals surface area contributed by atoms with Crippen LogP contribution in [0.1, 0.15) is 25.3 Å². The SMILES string of the molecule is CCCCNS(=O)(=O)c1cccc(NC(=O)Cc2cc(Cl)ccc2OC)c1. The largest absolute Gasteiger partial charge is 0.496 e. The van der Waals surface area contributed by atoms with Crippen molar-refractivity contribution in [3.63, 3.8) is 0 Å². The van der Waals surface area contributed by atoms with E-state index in [1.54, 1.807) is 30.3 Å². The van der Waals surface area contributed by atoms with Gasteiger partial charge in [0.15, 0.2) is 0 Å². The zero-order chi connectivity index (χ0) is 19.9. The van der Waals surface area contributed by atoms with Gasteiger partial charge in [0.2, 0.25) is 15.9 Å². The molecule has 0 fully saturated rings. The number of unbranched alkanes of at least 4 members (excludes halogenated alkanes) is 1. The molecular formula is C19H23ClN2O4S. The lowest BCUT2D eigenvalue weighted by Crippen LogP contribution is -2.25. The van der Waals surface area contributed by atoms with Crippen molar-refractivity contribution in [1.29, 1.82) is 0 Å². The Morgan fingerprint density at radius 3 is 2.67 bits per heavy atom. The van der Waals surface area contributed by atoms with Gasteiger partial charge in [0.25, 0.3) is 0 Å². The third-order valence-corrected chi connectivity index (χ3v) is 5.54. The molecule has 8 heteroatoms. The van der Waals surface area contributed by atoms with Crippen molar-refractivity contribution in [2.75, 3.05) is 19.0 Å². The van der Waals surface area contributed by atoms with Crippen molar-refractivity contribution in [1.82, 2.24) is 4.72 Å². The molecule has 0 aliphatic rings. The van der Waals surface area contributed by atoms with Crippen LogP contribution in [-0.4, -0.2) is 28.0 Å². The number of nitrogens with one attached hydrogen (secondary N) is 2. The second kappa shape index (κ2) is 9.73. The van der Waals surface area contributed by atoms with Gasteiger partial charge >= 0.3 is 0 Å². The second-order valence-corrected chi connectivity index (χ2v) is 8.16. The highest BCUT2D eigenvalue weighted by molar-refractivity contribution is 7.89. The normalized spacial score (nSPS) is 11.2. The van der Waals surface area contributed by atoms with Gasteiger partial charge < -0.3 is 10.1 Å². The van der Waals surface area contributed by atoms with E-state index in [1.165, 1.54) is 19.2 Å². The lowest BCUT2D eigenvalue weighted by atomic mass is 10.1. The summed E-state index contributed by atoms with van der Waals surface area (Å²) >= 11 is 5.98. The number of carbonyl (C=O) groups excluding carboxylic acids is 1. The number of amides is 1. The van der Waals surface area contributed by atoms with Gasteiger partial charge in [0, 0.05) is 22.8 Å². The fraction of sp³-hybridized carbons (Fsp3) is 0.316. The maximum Gasteiger partial charge on any atom is 0.240 e. The van der Waals surface area contributed by atoms with Gasteiger partial charge in [-0.25, -0.2) is 13.1 Å². The molecule has 2 rings (SSSR count). The van der Waals surface area contributed by atoms with Gasteiger partial charge in [-0.15, -0.1) is 0 Å². The number of carbonyl (C=O) groups is 1. The molecule has 0 spiro atoms. The Balaban J connectivity index is 2.10. The minimum Gasteiger partial charge on any atom is -0.496 e. The summed E-state index contributed by atoms with van der Waals surface area (Å²) in [7, 11) is -2.09. The van der Waals surface area contributed by atoms with E-state index in [1.807, 2.05) is 6.92 Å². The number of ether oxygens (including phenoxy) is 1. The fourth-order valence-corrected chi connectivity index (χ4v) is 3.79. The number of methoxy groups -OCH3 is 1. The standard InChI is InChI=1S/C19H23ClN2O4S/c1-3-4-10-21-27(24,25)17-7-5-6-16(13-17)22-19(23)12-14-11-15(20)8-9-18(14)26-2/h5-9,11,13,21H,3-4,10,12H2,1-2H3,(H,22,23). The van der Waals surface area contributed by atoms with Gasteiger partial charge in [-0.3, -0.25) is 4.79 Å². The van der Waals surface area contributed by atoms with Crippen LogP contribution in [-0.2, 0) is 21.2 Å². The van der Waals surface area contributed by atoms with Crippen LogP contribution in [0.15, 0.2) is 47.4 Å². The topological polar surface area (TPSA) is 84.5 Å². The molecule has 2 N–H and O–H groups in total. The number of benzene rings is 2. The number of rotatable bonds is 9. The monoisotopic (exact) mass is 410 g/mol. The number of hydrogen-bond acceptors (Lipinski definition) is 4. The van der Waals surface area contributed by atoms with Crippen molar-refractivity contribution in [2.24, 2.45) is 0 Å². The number of sulfonamides is 1. The van der Waals surface area contributed by atoms with Crippen molar-refractivity contribution in [2.45, 2.75) is 31.1 Å². The zero-order valence-electron chi connectivity index (χ0n) is 15.3. The first-order chi connectivity index (χ1) is 12.9. The maximum atomic E-state index is 12.4. The van der Waals surface area contributed by atoms with Crippen LogP contribution in [0.25, 0.3) is 0 Å². The molecule has 0 aliphatic heterocycles. The van der Waals surface area contributed by atoms with Crippen LogP contribution < -0.4 is 14.8 Å². The Bertz CT molecular complexity index is 900. The summed E-state index contributed by atoms with van der Waals surface area (Å²) in [6.07, 6.45) is 1.71. The molecule has 1 amide bonds. The zero-order valence-corrected chi connectivity index (χ0v) is 16.9. The number of halogens is 1. The van der Waals surface area contributed by atoms with E-state index in [9.17, 15) is 13.2 Å². The first kappa shape index (κ1) is 21.2. The Morgan fingerprint density at radius 1 is 1.19 bits per heavy atom. The Morgan fingerprint density at radius 2 is 1.96 bits per heavy atom. The van der Waals surface area contributed by atoms with Gasteiger partial charge in [-0.1, -0.05) is 31.0 Å². The molecule has 0 aliphatic carbocycles. The van der Waals surface area contributed by atoms with Crippen LogP contribution in [0.3, 0.4) is 0 Å². The van der Waals surface area contributed by atoms with E-state index in [-0.39, 0.29) is 17.2 Å². The van der Waals surface area contributed by atoms with Crippen molar-refractivity contribution in [3.8, 4) is 5.75 Å². The summed E-state index contributed by atoms with van der Waals surface area (Å²) in [4.78, 5) is 12.5. The minimum atomic E-state index is -3.60. The second-order valence-electron chi connectivity index (χ2n) is 5.96. The number of anilines is 1. The quantitative estimate of drug-likeness (QED) is 0.618. The molecule has 2 aromatic carbocycles. The van der Waals surface area contributed by atoms with E-state index in [2.05, 4.69) is 10.0 Å². The summed E-state index contributed by atoms with van der Waals surface area (Å²) in [6, 6.07) is 11.2. The van der Waals surface area contributed by atoms with Crippen molar-refractivity contribution < 1.29 is 17.9 Å². The molecule has 0 radical (unpaired) electrons. The molecule has 0 atom stereocenters. The molecule has 0 heterocycles. The van der Waals surface area contributed by atoms with E-state index in [0.29, 0.717) is 28.6 Å². The lowest BCUT2D eigenvalue weighted by molar-refractivity contribution is -0.115. The first-order valence-corrected chi connectivity index (χ1v) is 10.4. The molecular weight excluding hydrogens is 388 g/mol. The smallest absolute Gasteiger partial charge is 0.240 e. The highest BCUT2D eigenvalue weighted by Gasteiger charge is 2.15. The highest BCUT2D eigenvalue weighted by Crippen LogP contribution is 2.23. The molecule has 0 unspecified atom stereocenters. The van der Waals surface area contributed by atoms with E-state index < -0.39 is 10.0 Å². The molecule has 0 bridgehead atoms. The first-order valence-electron chi connectivity index (χ1n) is 8.57. The van der Waals surface area contributed by atoms with Gasteiger partial charge in [-0.2, -0.15) is 0 Å². The molecule has 2 aromatic rings. The van der Waals surface area contributed by atoms with E-state index in [0.717, 1.165) is 12.8 Å². The Labute approximate surface area is 164 Å². The lowest BCUT2D eigenvalue weighted by Gasteiger charge is -2.11. The van der Waals surface area contributed by atoms with E-state index in [4.69, 9.17) is 16.3 Å². The molecule has 0 aromatic heterocycles. The van der Waals surface area contributed by atoms with Crippen LogP contribution in [0.2, 0.25) is 5.02 Å². The molecule has 0 saturated heterocycles. The Kier molecular flexibility index (Phi) is 7.65. The third-order valence-electron chi connectivity index (χ3n) is 3.84. The van der Waals surface area contributed by atoms with Crippen molar-refractivity contribution in [3.05, 3.63) is 53.1 Å². The summed E-state index contributed by atoms with van der Waals surface area (Å²) < 4.78 is 32.4. The average molecular weight is 411 g/mol. The maximum absolute atomic E-state index is 12.4. The fourth-order valence-electron chi connectivity index (χ4n) is 2.47. The van der Waals surface area contributed by atoms with Crippen molar-refractivity contribution >= 4 is 33.2 Å². The predicted molar refractivity (Wildman–Crippen MR) is 107 cm³/mol. The Hall–Kier alpha value is -2.09. The summed E-state index contributed by atoms with van der Waals surface area (Å²) in [6.45, 7) is 2.36. The molecule has 27 heavy (non-hydrogen) atoms. The average Bonchev–Trinajstić information content (AvgIpc) is 2.62. The van der Waals surface area contributed by atoms with Gasteiger partial charge in [-0.05, 0) is 42.8 Å². The molecule has 0 saturated carbocycles. The highest BCUT2D eigenvalue weighted by atomic mass is 35.5. The molecule has 6 nitrogen and oxygen atoms in total. The predicted octanol–water partition coefficient (Wildman–Crippen LogP) is 3.61. The van der Waals surface area contributed by atoms with E-state index >= 15 is 0 Å². The van der Waals surface area contributed by atoms with Crippen LogP contribution in [0.4, 0.5) is 5.69 Å². The van der Waals surface area contributed by atoms with Crippen LogP contribution in [0.5, 0.6) is 5.75 Å². The summed E-state index contributed by atoms with van der Waals surface area (Å²) in [5.74, 6) is 0.259. The minimum absolute atomic E-state index is 0.0511. The molecule has 146 valence electrons. The number of hydrogen-bond donors (Lipinski definition) is 2. The van der Waals surface area contributed by atoms with Gasteiger partial charge in [0.05, 0.1) is 18.4 Å². The summed E-state index contributed by atoms with van der Waals surface area (Å²) in [5, 5.41) is 3.22. The van der Waals surface area contributed by atoms with Gasteiger partial charge in [0.1, 0.15) is 5.75 Å². The third kappa shape index (κ3) is 6.23. The van der Waals surface area contributed by atoms with Crippen LogP contribution in [0, 0.1) is 0 Å². The summed E-state index contributed by atoms with van der Waals surface area (Å²) in [5.41, 5.74) is 1.05. The van der Waals surface area contributed by atoms with Crippen LogP contribution >= 0.6 is 11.6 Å².